The molecule has 1 aliphatic heterocycles. The van der Waals surface area contributed by atoms with Crippen LogP contribution in [-0.2, 0) is 4.79 Å². The van der Waals surface area contributed by atoms with Crippen molar-refractivity contribution >= 4 is 17.7 Å². The van der Waals surface area contributed by atoms with Gasteiger partial charge in [0.15, 0.2) is 0 Å². The molecule has 1 heterocycles. The number of β-amino-alcohol motifs (C(OH)–C–C–N with tert-alkyl or cyclic N) is 1. The number of rotatable bonds is 4. The summed E-state index contributed by atoms with van der Waals surface area (Å²) in [4.78, 5) is 13.6. The van der Waals surface area contributed by atoms with Crippen molar-refractivity contribution in [1.29, 1.82) is 0 Å². The Labute approximate surface area is 111 Å². The molecule has 0 saturated carbocycles. The summed E-state index contributed by atoms with van der Waals surface area (Å²) in [5.41, 5.74) is 0.983. The topological polar surface area (TPSA) is 49.8 Å². The number of aliphatic hydroxyl groups excluding tert-OH is 1. The summed E-state index contributed by atoms with van der Waals surface area (Å²) in [6, 6.07) is 7.69. The second kappa shape index (κ2) is 5.63. The van der Waals surface area contributed by atoms with Gasteiger partial charge in [0.2, 0.25) is 5.91 Å². The zero-order valence-corrected chi connectivity index (χ0v) is 11.3. The van der Waals surface area contributed by atoms with E-state index in [9.17, 15) is 9.90 Å². The zero-order chi connectivity index (χ0) is 13.1. The lowest BCUT2D eigenvalue weighted by Crippen LogP contribution is -2.34. The highest BCUT2D eigenvalue weighted by Gasteiger charge is 2.34. The maximum absolute atomic E-state index is 11.8. The van der Waals surface area contributed by atoms with E-state index in [1.54, 1.807) is 30.7 Å². The molecule has 5 heteroatoms. The fourth-order valence-electron chi connectivity index (χ4n) is 2.06. The molecule has 0 bridgehead atoms. The molecule has 1 saturated heterocycles. The molecular weight excluding hydrogens is 250 g/mol. The first-order chi connectivity index (χ1) is 8.63. The largest absolute Gasteiger partial charge is 0.496 e. The molecule has 18 heavy (non-hydrogen) atoms. The van der Waals surface area contributed by atoms with E-state index < -0.39 is 6.10 Å². The van der Waals surface area contributed by atoms with E-state index in [2.05, 4.69) is 0 Å². The first kappa shape index (κ1) is 13.2. The third-order valence-corrected chi connectivity index (χ3v) is 4.07. The number of benzene rings is 1. The van der Waals surface area contributed by atoms with Crippen molar-refractivity contribution in [1.82, 2.24) is 4.90 Å². The average molecular weight is 267 g/mol. The molecule has 4 nitrogen and oxygen atoms in total. The van der Waals surface area contributed by atoms with E-state index in [0.717, 1.165) is 11.3 Å². The minimum Gasteiger partial charge on any atom is -0.496 e. The van der Waals surface area contributed by atoms with Crippen molar-refractivity contribution in [3.63, 3.8) is 0 Å². The van der Waals surface area contributed by atoms with Crippen molar-refractivity contribution < 1.29 is 14.6 Å². The van der Waals surface area contributed by atoms with Crippen LogP contribution >= 0.6 is 11.8 Å². The van der Waals surface area contributed by atoms with E-state index >= 15 is 0 Å². The lowest BCUT2D eigenvalue weighted by molar-refractivity contribution is -0.129. The van der Waals surface area contributed by atoms with E-state index in [1.807, 2.05) is 24.3 Å². The van der Waals surface area contributed by atoms with E-state index in [-0.39, 0.29) is 11.3 Å². The Morgan fingerprint density at radius 1 is 1.56 bits per heavy atom. The maximum atomic E-state index is 11.8. The molecule has 0 aromatic heterocycles. The van der Waals surface area contributed by atoms with Gasteiger partial charge in [-0.3, -0.25) is 4.79 Å². The number of amides is 1. The predicted molar refractivity (Wildman–Crippen MR) is 71.6 cm³/mol. The van der Waals surface area contributed by atoms with Gasteiger partial charge in [-0.15, -0.1) is 11.8 Å². The van der Waals surface area contributed by atoms with Crippen LogP contribution in [0.5, 0.6) is 5.75 Å². The van der Waals surface area contributed by atoms with Crippen LogP contribution in [-0.4, -0.2) is 41.4 Å². The summed E-state index contributed by atoms with van der Waals surface area (Å²) in [5.74, 6) is 1.30. The summed E-state index contributed by atoms with van der Waals surface area (Å²) in [7, 11) is 1.62. The van der Waals surface area contributed by atoms with Crippen LogP contribution in [0.4, 0.5) is 0 Å². The molecule has 2 rings (SSSR count). The molecule has 1 N–H and O–H groups in total. The van der Waals surface area contributed by atoms with Gasteiger partial charge >= 0.3 is 0 Å². The van der Waals surface area contributed by atoms with Gasteiger partial charge < -0.3 is 14.7 Å². The summed E-state index contributed by atoms with van der Waals surface area (Å²) < 4.78 is 5.33. The van der Waals surface area contributed by atoms with E-state index in [1.165, 1.54) is 0 Å². The average Bonchev–Trinajstić information content (AvgIpc) is 2.70. The van der Waals surface area contributed by atoms with Gasteiger partial charge in [0.05, 0.1) is 19.0 Å². The van der Waals surface area contributed by atoms with Gasteiger partial charge in [-0.1, -0.05) is 18.2 Å². The molecule has 0 radical (unpaired) electrons. The number of para-hydroxylation sites is 1. The lowest BCUT2D eigenvalue weighted by atomic mass is 10.1. The molecule has 1 aliphatic rings. The summed E-state index contributed by atoms with van der Waals surface area (Å²) in [6.07, 6.45) is -0.523. The number of hydrogen-bond acceptors (Lipinski definition) is 4. The Bertz CT molecular complexity index is 436. The van der Waals surface area contributed by atoms with Crippen LogP contribution in [0.15, 0.2) is 24.3 Å². The third kappa shape index (κ3) is 2.62. The van der Waals surface area contributed by atoms with Crippen molar-refractivity contribution in [2.24, 2.45) is 0 Å². The van der Waals surface area contributed by atoms with Crippen LogP contribution in [0.1, 0.15) is 17.9 Å². The Balaban J connectivity index is 2.28. The van der Waals surface area contributed by atoms with Gasteiger partial charge in [0.25, 0.3) is 0 Å². The first-order valence-electron chi connectivity index (χ1n) is 5.85. The molecule has 1 fully saturated rings. The van der Waals surface area contributed by atoms with Gasteiger partial charge in [0.1, 0.15) is 11.1 Å². The number of thioether (sulfide) groups is 1. The van der Waals surface area contributed by atoms with Crippen LogP contribution in [0.3, 0.4) is 0 Å². The summed E-state index contributed by atoms with van der Waals surface area (Å²) in [6.45, 7) is 2.05. The molecule has 0 aliphatic carbocycles. The molecule has 1 amide bonds. The second-order valence-corrected chi connectivity index (χ2v) is 5.37. The summed E-state index contributed by atoms with van der Waals surface area (Å²) >= 11 is 1.57. The minimum atomic E-state index is -0.523. The number of hydrogen-bond donors (Lipinski definition) is 1. The molecule has 1 aromatic carbocycles. The highest BCUT2D eigenvalue weighted by molar-refractivity contribution is 8.00. The van der Waals surface area contributed by atoms with E-state index in [4.69, 9.17) is 4.74 Å². The Kier molecular flexibility index (Phi) is 4.14. The van der Waals surface area contributed by atoms with Crippen molar-refractivity contribution in [2.75, 3.05) is 19.4 Å². The highest BCUT2D eigenvalue weighted by Crippen LogP contribution is 2.42. The molecule has 98 valence electrons. The molecule has 1 aromatic rings. The zero-order valence-electron chi connectivity index (χ0n) is 10.5. The standard InChI is InChI=1S/C13H17NO3S/c1-9(15)7-14-12(16)8-18-13(14)10-5-3-4-6-11(10)17-2/h3-6,9,13,15H,7-8H2,1-2H3/t9-,13-/m0/s1. The van der Waals surface area contributed by atoms with Gasteiger partial charge in [0, 0.05) is 12.1 Å². The number of methoxy groups -OCH3 is 1. The van der Waals surface area contributed by atoms with Crippen LogP contribution < -0.4 is 4.74 Å². The minimum absolute atomic E-state index is 0.0664. The first-order valence-corrected chi connectivity index (χ1v) is 6.90. The molecule has 0 unspecified atom stereocenters. The van der Waals surface area contributed by atoms with Crippen molar-refractivity contribution in [3.8, 4) is 5.75 Å². The molecule has 0 spiro atoms. The second-order valence-electron chi connectivity index (χ2n) is 4.30. The SMILES string of the molecule is COc1ccccc1[C@@H]1SCC(=O)N1C[C@H](C)O. The van der Waals surface area contributed by atoms with Gasteiger partial charge in [-0.25, -0.2) is 0 Å². The highest BCUT2D eigenvalue weighted by atomic mass is 32.2. The normalized spacial score (nSPS) is 21.2. The third-order valence-electron chi connectivity index (χ3n) is 2.83. The Morgan fingerprint density at radius 3 is 2.94 bits per heavy atom. The fourth-order valence-corrected chi connectivity index (χ4v) is 3.29. The van der Waals surface area contributed by atoms with Crippen LogP contribution in [0.25, 0.3) is 0 Å². The molecule has 2 atom stereocenters. The van der Waals surface area contributed by atoms with E-state index in [0.29, 0.717) is 12.3 Å². The van der Waals surface area contributed by atoms with Gasteiger partial charge in [-0.2, -0.15) is 0 Å². The quantitative estimate of drug-likeness (QED) is 0.901. The summed E-state index contributed by atoms with van der Waals surface area (Å²) in [5, 5.41) is 9.42. The van der Waals surface area contributed by atoms with Crippen molar-refractivity contribution in [3.05, 3.63) is 29.8 Å². The number of carbonyl (C=O) groups excluding carboxylic acids is 1. The smallest absolute Gasteiger partial charge is 0.233 e. The lowest BCUT2D eigenvalue weighted by Gasteiger charge is -2.26. The number of carbonyl (C=O) groups is 1. The van der Waals surface area contributed by atoms with Crippen molar-refractivity contribution in [2.45, 2.75) is 18.4 Å². The Morgan fingerprint density at radius 2 is 2.28 bits per heavy atom. The predicted octanol–water partition coefficient (Wildman–Crippen LogP) is 1.65. The maximum Gasteiger partial charge on any atom is 0.233 e. The fraction of sp³-hybridized carbons (Fsp3) is 0.462. The Hall–Kier alpha value is -1.20. The van der Waals surface area contributed by atoms with Crippen LogP contribution in [0, 0.1) is 0 Å². The number of ether oxygens (including phenoxy) is 1. The number of nitrogens with zero attached hydrogens (tertiary/aromatic N) is 1. The monoisotopic (exact) mass is 267 g/mol. The molecular formula is C13H17NO3S. The van der Waals surface area contributed by atoms with Crippen LogP contribution in [0.2, 0.25) is 0 Å². The number of aliphatic hydroxyl groups is 1. The van der Waals surface area contributed by atoms with Gasteiger partial charge in [-0.05, 0) is 13.0 Å².